The molecule has 10 nitrogen and oxygen atoms in total. The molecule has 212 valence electrons. The molecule has 0 bridgehead atoms. The lowest BCUT2D eigenvalue weighted by Crippen LogP contribution is -2.19. The monoisotopic (exact) mass is 563 g/mol. The summed E-state index contributed by atoms with van der Waals surface area (Å²) >= 11 is 0. The lowest BCUT2D eigenvalue weighted by atomic mass is 10.0. The van der Waals surface area contributed by atoms with Gasteiger partial charge in [0.1, 0.15) is 5.69 Å². The van der Waals surface area contributed by atoms with E-state index < -0.39 is 11.7 Å². The number of aromatic nitrogens is 8. The summed E-state index contributed by atoms with van der Waals surface area (Å²) in [5, 5.41) is 7.47. The molecule has 0 amide bonds. The Labute approximate surface area is 232 Å². The van der Waals surface area contributed by atoms with Crippen LogP contribution < -0.4 is 11.0 Å². The molecule has 4 heterocycles. The van der Waals surface area contributed by atoms with E-state index in [-0.39, 0.29) is 22.8 Å². The first kappa shape index (κ1) is 26.4. The van der Waals surface area contributed by atoms with E-state index in [1.54, 1.807) is 66.7 Å². The number of fused-ring (bicyclic) bond motifs is 2. The highest BCUT2D eigenvalue weighted by Gasteiger charge is 2.35. The number of hydrogen-bond donors (Lipinski definition) is 1. The zero-order valence-corrected chi connectivity index (χ0v) is 23.3. The number of nitrogens with one attached hydrogen (secondary N) is 1. The third-order valence-corrected chi connectivity index (χ3v) is 7.21. The second-order valence-corrected chi connectivity index (χ2v) is 10.5. The number of rotatable bonds is 5. The van der Waals surface area contributed by atoms with E-state index in [1.165, 1.54) is 21.5 Å². The summed E-state index contributed by atoms with van der Waals surface area (Å²) in [6.45, 7) is 3.95. The van der Waals surface area contributed by atoms with Crippen LogP contribution in [0.1, 0.15) is 19.4 Å². The number of halogens is 3. The van der Waals surface area contributed by atoms with Crippen molar-refractivity contribution in [1.82, 2.24) is 38.0 Å². The minimum absolute atomic E-state index is 0.0117. The van der Waals surface area contributed by atoms with Crippen molar-refractivity contribution in [1.29, 1.82) is 0 Å². The molecule has 0 saturated carbocycles. The zero-order chi connectivity index (χ0) is 29.4. The molecule has 0 radical (unpaired) electrons. The summed E-state index contributed by atoms with van der Waals surface area (Å²) in [5.74, 6) is 0.409. The van der Waals surface area contributed by atoms with Crippen LogP contribution in [-0.2, 0) is 34.4 Å². The highest BCUT2D eigenvalue weighted by molar-refractivity contribution is 5.94. The Balaban J connectivity index is 1.75. The van der Waals surface area contributed by atoms with Crippen molar-refractivity contribution < 1.29 is 13.2 Å². The van der Waals surface area contributed by atoms with E-state index in [1.807, 2.05) is 19.9 Å². The molecule has 0 aliphatic rings. The second-order valence-electron chi connectivity index (χ2n) is 10.5. The van der Waals surface area contributed by atoms with Gasteiger partial charge in [-0.3, -0.25) is 18.4 Å². The molecule has 0 unspecified atom stereocenters. The normalized spacial score (nSPS) is 12.3. The van der Waals surface area contributed by atoms with Gasteiger partial charge in [0.15, 0.2) is 5.82 Å². The molecule has 13 heteroatoms. The molecule has 0 spiro atoms. The molecule has 41 heavy (non-hydrogen) atoms. The van der Waals surface area contributed by atoms with Gasteiger partial charge < -0.3 is 9.88 Å². The molecular weight excluding hydrogens is 535 g/mol. The lowest BCUT2D eigenvalue weighted by Gasteiger charge is -2.17. The standard InChI is InChI=1S/C28H28F3N9O/c1-15(2)34-21-7-17(8-23-25(21)39(6)27(41)38(23)5)40-22-10-19(28(29,30)31)18(16-11-33-37(4)13-16)9-20(22)35-26(40)24-12-32-14-36(24)3/h7-15,34H,1-6H3. The molecule has 6 rings (SSSR count). The Bertz CT molecular complexity index is 2020. The number of imidazole rings is 3. The molecule has 0 aliphatic carbocycles. The van der Waals surface area contributed by atoms with Gasteiger partial charge in [-0.05, 0) is 43.7 Å². The van der Waals surface area contributed by atoms with E-state index in [0.717, 1.165) is 6.07 Å². The van der Waals surface area contributed by atoms with Gasteiger partial charge in [0.2, 0.25) is 0 Å². The molecule has 0 saturated heterocycles. The van der Waals surface area contributed by atoms with Crippen LogP contribution >= 0.6 is 0 Å². The largest absolute Gasteiger partial charge is 0.417 e. The summed E-state index contributed by atoms with van der Waals surface area (Å²) in [5.41, 5.74) is 3.08. The Hall–Kier alpha value is -4.81. The van der Waals surface area contributed by atoms with Crippen LogP contribution in [-0.4, -0.2) is 44.1 Å². The van der Waals surface area contributed by atoms with Crippen molar-refractivity contribution >= 4 is 27.8 Å². The van der Waals surface area contributed by atoms with Crippen LogP contribution in [0.25, 0.3) is 50.4 Å². The van der Waals surface area contributed by atoms with Gasteiger partial charge in [-0.25, -0.2) is 14.8 Å². The third kappa shape index (κ3) is 4.19. The maximum Gasteiger partial charge on any atom is 0.417 e. The quantitative estimate of drug-likeness (QED) is 0.324. The van der Waals surface area contributed by atoms with Crippen LogP contribution in [0.15, 0.2) is 54.0 Å². The van der Waals surface area contributed by atoms with Gasteiger partial charge in [-0.1, -0.05) is 0 Å². The number of anilines is 1. The zero-order valence-electron chi connectivity index (χ0n) is 23.3. The van der Waals surface area contributed by atoms with Crippen molar-refractivity contribution in [2.75, 3.05) is 5.32 Å². The Morgan fingerprint density at radius 1 is 0.951 bits per heavy atom. The highest BCUT2D eigenvalue weighted by Crippen LogP contribution is 2.41. The fourth-order valence-corrected chi connectivity index (χ4v) is 5.35. The van der Waals surface area contributed by atoms with Gasteiger partial charge >= 0.3 is 11.9 Å². The van der Waals surface area contributed by atoms with Crippen molar-refractivity contribution in [3.8, 4) is 28.3 Å². The van der Waals surface area contributed by atoms with Crippen molar-refractivity contribution in [3.63, 3.8) is 0 Å². The fourth-order valence-electron chi connectivity index (χ4n) is 5.35. The van der Waals surface area contributed by atoms with Crippen LogP contribution in [0, 0.1) is 0 Å². The van der Waals surface area contributed by atoms with Crippen LogP contribution in [0.5, 0.6) is 0 Å². The van der Waals surface area contributed by atoms with E-state index in [9.17, 15) is 18.0 Å². The number of alkyl halides is 3. The third-order valence-electron chi connectivity index (χ3n) is 7.21. The molecule has 0 aliphatic heterocycles. The Kier molecular flexibility index (Phi) is 5.87. The SMILES string of the molecule is CC(C)Nc1cc(-n2c(-c3cncn3C)nc3cc(-c4cnn(C)c4)c(C(F)(F)F)cc32)cc2c1n(C)c(=O)n2C. The van der Waals surface area contributed by atoms with E-state index in [4.69, 9.17) is 4.98 Å². The molecule has 6 aromatic rings. The van der Waals surface area contributed by atoms with Gasteiger partial charge in [-0.2, -0.15) is 18.3 Å². The predicted molar refractivity (Wildman–Crippen MR) is 151 cm³/mol. The van der Waals surface area contributed by atoms with E-state index >= 15 is 0 Å². The minimum Gasteiger partial charge on any atom is -0.381 e. The van der Waals surface area contributed by atoms with Crippen LogP contribution in [0.3, 0.4) is 0 Å². The van der Waals surface area contributed by atoms with Gasteiger partial charge in [0.25, 0.3) is 0 Å². The fraction of sp³-hybridized carbons (Fsp3) is 0.286. The van der Waals surface area contributed by atoms with Crippen molar-refractivity contribution in [3.05, 3.63) is 65.2 Å². The lowest BCUT2D eigenvalue weighted by molar-refractivity contribution is -0.137. The number of aryl methyl sites for hydroxylation is 4. The molecule has 1 N–H and O–H groups in total. The molecular formula is C28H28F3N9O. The summed E-state index contributed by atoms with van der Waals surface area (Å²) in [6, 6.07) is 6.25. The minimum atomic E-state index is -4.64. The number of hydrogen-bond acceptors (Lipinski definition) is 5. The summed E-state index contributed by atoms with van der Waals surface area (Å²) in [4.78, 5) is 22.0. The second kappa shape index (κ2) is 9.11. The maximum absolute atomic E-state index is 14.5. The first-order valence-corrected chi connectivity index (χ1v) is 12.9. The van der Waals surface area contributed by atoms with E-state index in [0.29, 0.717) is 45.0 Å². The topological polar surface area (TPSA) is 92.4 Å². The van der Waals surface area contributed by atoms with Gasteiger partial charge in [0, 0.05) is 46.0 Å². The predicted octanol–water partition coefficient (Wildman–Crippen LogP) is 4.86. The van der Waals surface area contributed by atoms with E-state index in [2.05, 4.69) is 15.4 Å². The van der Waals surface area contributed by atoms with Crippen molar-refractivity contribution in [2.45, 2.75) is 26.1 Å². The first-order chi connectivity index (χ1) is 19.3. The van der Waals surface area contributed by atoms with Gasteiger partial charge in [0.05, 0.1) is 57.7 Å². The summed E-state index contributed by atoms with van der Waals surface area (Å²) in [7, 11) is 6.81. The van der Waals surface area contributed by atoms with Crippen molar-refractivity contribution in [2.24, 2.45) is 28.2 Å². The van der Waals surface area contributed by atoms with Crippen LogP contribution in [0.4, 0.5) is 18.9 Å². The smallest absolute Gasteiger partial charge is 0.381 e. The molecule has 4 aromatic heterocycles. The average molecular weight is 564 g/mol. The molecule has 2 aromatic carbocycles. The average Bonchev–Trinajstić information content (AvgIpc) is 3.65. The first-order valence-electron chi connectivity index (χ1n) is 12.9. The summed E-state index contributed by atoms with van der Waals surface area (Å²) < 4.78 is 51.6. The highest BCUT2D eigenvalue weighted by atomic mass is 19.4. The maximum atomic E-state index is 14.5. The Morgan fingerprint density at radius 2 is 1.71 bits per heavy atom. The number of nitrogens with zero attached hydrogens (tertiary/aromatic N) is 8. The Morgan fingerprint density at radius 3 is 2.32 bits per heavy atom. The molecule has 0 atom stereocenters. The number of benzene rings is 2. The van der Waals surface area contributed by atoms with Crippen LogP contribution in [0.2, 0.25) is 0 Å². The summed E-state index contributed by atoms with van der Waals surface area (Å²) in [6.07, 6.45) is 1.54. The van der Waals surface area contributed by atoms with Gasteiger partial charge in [-0.15, -0.1) is 0 Å². The molecule has 0 fully saturated rings.